The van der Waals surface area contributed by atoms with E-state index < -0.39 is 12.0 Å². The second-order valence-corrected chi connectivity index (χ2v) is 6.10. The topological polar surface area (TPSA) is 91.8 Å². The van der Waals surface area contributed by atoms with Gasteiger partial charge in [-0.3, -0.25) is 9.59 Å². The summed E-state index contributed by atoms with van der Waals surface area (Å²) < 4.78 is 0. The van der Waals surface area contributed by atoms with E-state index in [9.17, 15) is 19.2 Å². The highest BCUT2D eigenvalue weighted by molar-refractivity contribution is 6.01. The minimum atomic E-state index is -1.06. The molecular formula is C18H23NO5. The molecule has 0 saturated heterocycles. The number of carbonyl (C=O) groups is 4. The first-order valence-electron chi connectivity index (χ1n) is 7.80. The van der Waals surface area contributed by atoms with Crippen LogP contribution in [-0.4, -0.2) is 34.6 Å². The van der Waals surface area contributed by atoms with Crippen LogP contribution in [0.1, 0.15) is 50.9 Å². The summed E-state index contributed by atoms with van der Waals surface area (Å²) in [6.07, 6.45) is 0.223. The van der Waals surface area contributed by atoms with Crippen molar-refractivity contribution in [3.63, 3.8) is 0 Å². The number of amides is 1. The Bertz CT molecular complexity index is 633. The number of hydrogen-bond donors (Lipinski definition) is 1. The largest absolute Gasteiger partial charge is 0.478 e. The van der Waals surface area contributed by atoms with Gasteiger partial charge in [-0.25, -0.2) is 4.79 Å². The van der Waals surface area contributed by atoms with E-state index in [1.54, 1.807) is 0 Å². The van der Waals surface area contributed by atoms with Crippen LogP contribution >= 0.6 is 0 Å². The van der Waals surface area contributed by atoms with Crippen molar-refractivity contribution in [3.05, 3.63) is 29.8 Å². The first-order valence-corrected chi connectivity index (χ1v) is 7.80. The predicted octanol–water partition coefficient (Wildman–Crippen LogP) is 2.70. The molecular weight excluding hydrogens is 310 g/mol. The van der Waals surface area contributed by atoms with E-state index >= 15 is 0 Å². The van der Waals surface area contributed by atoms with Crippen LogP contribution < -0.4 is 4.90 Å². The lowest BCUT2D eigenvalue weighted by Gasteiger charge is -2.33. The molecule has 6 heteroatoms. The molecule has 1 N–H and O–H groups in total. The van der Waals surface area contributed by atoms with E-state index in [0.717, 1.165) is 0 Å². The number of ketones is 2. The van der Waals surface area contributed by atoms with Crippen LogP contribution in [-0.2, 0) is 14.4 Å². The lowest BCUT2D eigenvalue weighted by Crippen LogP contribution is -2.47. The Kier molecular flexibility index (Phi) is 6.82. The van der Waals surface area contributed by atoms with Gasteiger partial charge in [0.15, 0.2) is 5.78 Å². The number of carbonyl (C=O) groups excluding carboxylic acids is 3. The number of anilines is 1. The number of Topliss-reactive ketones (excluding diaryl/α,β-unsaturated/α-hetero) is 2. The van der Waals surface area contributed by atoms with Crippen LogP contribution in [0.2, 0.25) is 0 Å². The van der Waals surface area contributed by atoms with Gasteiger partial charge in [-0.15, -0.1) is 0 Å². The van der Waals surface area contributed by atoms with Gasteiger partial charge in [0.1, 0.15) is 5.78 Å². The molecule has 1 aromatic rings. The normalized spacial score (nSPS) is 11.9. The van der Waals surface area contributed by atoms with Gasteiger partial charge in [-0.2, -0.15) is 0 Å². The molecule has 0 heterocycles. The maximum atomic E-state index is 12.5. The molecule has 0 aliphatic carbocycles. The molecule has 0 radical (unpaired) electrons. The van der Waals surface area contributed by atoms with Gasteiger partial charge in [0.05, 0.1) is 11.6 Å². The molecule has 1 rings (SSSR count). The van der Waals surface area contributed by atoms with Crippen molar-refractivity contribution in [1.29, 1.82) is 0 Å². The Balaban J connectivity index is 3.17. The molecule has 1 atom stereocenters. The molecule has 0 spiro atoms. The third kappa shape index (κ3) is 5.01. The summed E-state index contributed by atoms with van der Waals surface area (Å²) in [6.45, 7) is 6.44. The molecule has 0 bridgehead atoms. The van der Waals surface area contributed by atoms with Gasteiger partial charge in [-0.05, 0) is 37.1 Å². The molecule has 1 aromatic carbocycles. The summed E-state index contributed by atoms with van der Waals surface area (Å²) in [5.41, 5.74) is 0.564. The van der Waals surface area contributed by atoms with E-state index in [1.165, 1.54) is 43.0 Å². The fraction of sp³-hybridized carbons (Fsp3) is 0.444. The number of rotatable bonds is 8. The minimum Gasteiger partial charge on any atom is -0.478 e. The number of benzene rings is 1. The van der Waals surface area contributed by atoms with Gasteiger partial charge in [0.25, 0.3) is 0 Å². The van der Waals surface area contributed by atoms with Crippen molar-refractivity contribution >= 4 is 29.1 Å². The Morgan fingerprint density at radius 1 is 1.00 bits per heavy atom. The summed E-state index contributed by atoms with van der Waals surface area (Å²) in [4.78, 5) is 48.1. The fourth-order valence-electron chi connectivity index (χ4n) is 2.56. The van der Waals surface area contributed by atoms with Crippen LogP contribution in [0.15, 0.2) is 24.3 Å². The smallest absolute Gasteiger partial charge is 0.335 e. The number of carboxylic acids is 1. The molecule has 0 aromatic heterocycles. The highest BCUT2D eigenvalue weighted by Crippen LogP contribution is 2.24. The number of carboxylic acid groups (broad SMARTS) is 1. The Morgan fingerprint density at radius 3 is 1.92 bits per heavy atom. The summed E-state index contributed by atoms with van der Waals surface area (Å²) in [7, 11) is 0. The maximum Gasteiger partial charge on any atom is 0.335 e. The van der Waals surface area contributed by atoms with Gasteiger partial charge in [0, 0.05) is 25.5 Å². The molecule has 0 aliphatic heterocycles. The zero-order chi connectivity index (χ0) is 18.4. The molecule has 1 unspecified atom stereocenters. The average Bonchev–Trinajstić information content (AvgIpc) is 2.49. The van der Waals surface area contributed by atoms with Crippen molar-refractivity contribution in [2.45, 2.75) is 46.6 Å². The zero-order valence-corrected chi connectivity index (χ0v) is 14.4. The third-order valence-corrected chi connectivity index (χ3v) is 3.69. The van der Waals surface area contributed by atoms with E-state index in [0.29, 0.717) is 5.69 Å². The van der Waals surface area contributed by atoms with Crippen molar-refractivity contribution in [3.8, 4) is 0 Å². The maximum absolute atomic E-state index is 12.5. The van der Waals surface area contributed by atoms with Gasteiger partial charge < -0.3 is 14.8 Å². The van der Waals surface area contributed by atoms with Crippen LogP contribution in [0.5, 0.6) is 0 Å². The number of nitrogens with zero attached hydrogens (tertiary/aromatic N) is 1. The molecule has 6 nitrogen and oxygen atoms in total. The number of aromatic carboxylic acids is 1. The molecule has 24 heavy (non-hydrogen) atoms. The fourth-order valence-corrected chi connectivity index (χ4v) is 2.56. The summed E-state index contributed by atoms with van der Waals surface area (Å²) in [5.74, 6) is -1.78. The SMILES string of the molecule is CC(=O)CCC(=O)C(C(C)C)N(C(C)=O)c1ccc(C(=O)O)cc1. The van der Waals surface area contributed by atoms with Gasteiger partial charge in [-0.1, -0.05) is 13.8 Å². The second kappa shape index (κ2) is 8.38. The highest BCUT2D eigenvalue weighted by atomic mass is 16.4. The molecule has 1 amide bonds. The highest BCUT2D eigenvalue weighted by Gasteiger charge is 2.31. The van der Waals surface area contributed by atoms with Crippen LogP contribution in [0.3, 0.4) is 0 Å². The number of hydrogen-bond acceptors (Lipinski definition) is 4. The predicted molar refractivity (Wildman–Crippen MR) is 90.1 cm³/mol. The van der Waals surface area contributed by atoms with E-state index in [2.05, 4.69) is 0 Å². The quantitative estimate of drug-likeness (QED) is 0.789. The van der Waals surface area contributed by atoms with Crippen molar-refractivity contribution in [1.82, 2.24) is 0 Å². The van der Waals surface area contributed by atoms with Gasteiger partial charge >= 0.3 is 5.97 Å². The van der Waals surface area contributed by atoms with Crippen LogP contribution in [0.25, 0.3) is 0 Å². The molecule has 130 valence electrons. The molecule has 0 fully saturated rings. The third-order valence-electron chi connectivity index (χ3n) is 3.69. The lowest BCUT2D eigenvalue weighted by molar-refractivity contribution is -0.126. The van der Waals surface area contributed by atoms with Crippen molar-refractivity contribution < 1.29 is 24.3 Å². The van der Waals surface area contributed by atoms with E-state index in [4.69, 9.17) is 5.11 Å². The monoisotopic (exact) mass is 333 g/mol. The zero-order valence-electron chi connectivity index (χ0n) is 14.4. The Morgan fingerprint density at radius 2 is 1.54 bits per heavy atom. The minimum absolute atomic E-state index is 0.0777. The summed E-state index contributed by atoms with van der Waals surface area (Å²) in [5, 5.41) is 8.96. The Hall–Kier alpha value is -2.50. The van der Waals surface area contributed by atoms with Crippen molar-refractivity contribution in [2.75, 3.05) is 4.90 Å². The van der Waals surface area contributed by atoms with E-state index in [-0.39, 0.29) is 41.8 Å². The standard InChI is InChI=1S/C18H23NO5/c1-11(2)17(16(22)10-5-12(3)20)19(13(4)21)15-8-6-14(7-9-15)18(23)24/h6-9,11,17H,5,10H2,1-4H3,(H,23,24). The first-order chi connectivity index (χ1) is 11.1. The first kappa shape index (κ1) is 19.5. The molecule has 0 aliphatic rings. The second-order valence-electron chi connectivity index (χ2n) is 6.10. The summed E-state index contributed by atoms with van der Waals surface area (Å²) >= 11 is 0. The van der Waals surface area contributed by atoms with Crippen molar-refractivity contribution in [2.24, 2.45) is 5.92 Å². The van der Waals surface area contributed by atoms with E-state index in [1.807, 2.05) is 13.8 Å². The van der Waals surface area contributed by atoms with Gasteiger partial charge in [0.2, 0.25) is 5.91 Å². The molecule has 0 saturated carbocycles. The Labute approximate surface area is 141 Å². The average molecular weight is 333 g/mol. The van der Waals surface area contributed by atoms with Crippen LogP contribution in [0.4, 0.5) is 5.69 Å². The van der Waals surface area contributed by atoms with Crippen LogP contribution in [0, 0.1) is 5.92 Å². The lowest BCUT2D eigenvalue weighted by atomic mass is 9.94. The summed E-state index contributed by atoms with van der Waals surface area (Å²) in [6, 6.07) is 5.12.